The van der Waals surface area contributed by atoms with E-state index in [1.54, 1.807) is 12.1 Å². The van der Waals surface area contributed by atoms with E-state index in [4.69, 9.17) is 10.5 Å². The van der Waals surface area contributed by atoms with Crippen LogP contribution in [0.15, 0.2) is 36.4 Å². The van der Waals surface area contributed by atoms with Crippen LogP contribution in [-0.4, -0.2) is 17.1 Å². The van der Waals surface area contributed by atoms with Crippen molar-refractivity contribution in [1.82, 2.24) is 9.97 Å². The second-order valence-electron chi connectivity index (χ2n) is 4.75. The van der Waals surface area contributed by atoms with Crippen molar-refractivity contribution in [2.75, 3.05) is 12.8 Å². The number of anilines is 1. The van der Waals surface area contributed by atoms with Crippen LogP contribution in [-0.2, 0) is 0 Å². The Balaban J connectivity index is 2.24. The molecule has 0 amide bonds. The first-order valence-electron chi connectivity index (χ1n) is 6.47. The molecule has 5 heteroatoms. The summed E-state index contributed by atoms with van der Waals surface area (Å²) in [6.07, 6.45) is 0. The van der Waals surface area contributed by atoms with Gasteiger partial charge < -0.3 is 10.5 Å². The number of benzene rings is 2. The molecule has 2 N–H and O–H groups in total. The zero-order chi connectivity index (χ0) is 15.0. The lowest BCUT2D eigenvalue weighted by Crippen LogP contribution is -2.00. The number of nitrogens with zero attached hydrogens (tertiary/aromatic N) is 2. The third-order valence-corrected chi connectivity index (χ3v) is 3.37. The van der Waals surface area contributed by atoms with Gasteiger partial charge in [-0.25, -0.2) is 14.4 Å². The van der Waals surface area contributed by atoms with Gasteiger partial charge in [0.25, 0.3) is 0 Å². The Morgan fingerprint density at radius 3 is 2.67 bits per heavy atom. The average molecular weight is 283 g/mol. The summed E-state index contributed by atoms with van der Waals surface area (Å²) in [5, 5.41) is 0.771. The molecule has 21 heavy (non-hydrogen) atoms. The highest BCUT2D eigenvalue weighted by Gasteiger charge is 2.13. The molecule has 0 atom stereocenters. The van der Waals surface area contributed by atoms with E-state index >= 15 is 0 Å². The summed E-state index contributed by atoms with van der Waals surface area (Å²) in [6, 6.07) is 10.2. The largest absolute Gasteiger partial charge is 0.497 e. The van der Waals surface area contributed by atoms with Crippen molar-refractivity contribution < 1.29 is 9.13 Å². The Labute approximate surface area is 121 Å². The van der Waals surface area contributed by atoms with E-state index in [-0.39, 0.29) is 5.82 Å². The smallest absolute Gasteiger partial charge is 0.165 e. The summed E-state index contributed by atoms with van der Waals surface area (Å²) >= 11 is 0. The van der Waals surface area contributed by atoms with Gasteiger partial charge in [0, 0.05) is 11.5 Å². The van der Waals surface area contributed by atoms with Gasteiger partial charge in [-0.3, -0.25) is 0 Å². The molecule has 0 aliphatic heterocycles. The van der Waals surface area contributed by atoms with Crippen molar-refractivity contribution in [1.29, 1.82) is 0 Å². The number of hydrogen-bond donors (Lipinski definition) is 1. The van der Waals surface area contributed by atoms with Crippen LogP contribution in [0.3, 0.4) is 0 Å². The van der Waals surface area contributed by atoms with Crippen LogP contribution in [0.25, 0.3) is 22.3 Å². The lowest BCUT2D eigenvalue weighted by molar-refractivity contribution is 0.411. The molecule has 0 unspecified atom stereocenters. The highest BCUT2D eigenvalue weighted by Crippen LogP contribution is 2.28. The third-order valence-electron chi connectivity index (χ3n) is 3.37. The molecule has 1 heterocycles. The highest BCUT2D eigenvalue weighted by molar-refractivity contribution is 5.91. The molecule has 1 aromatic heterocycles. The molecule has 0 fully saturated rings. The second kappa shape index (κ2) is 5.01. The topological polar surface area (TPSA) is 61.0 Å². The Bertz CT molecular complexity index is 833. The summed E-state index contributed by atoms with van der Waals surface area (Å²) in [5.41, 5.74) is 7.97. The minimum absolute atomic E-state index is 0.273. The van der Waals surface area contributed by atoms with Gasteiger partial charge in [-0.1, -0.05) is 12.1 Å². The van der Waals surface area contributed by atoms with Crippen LogP contribution in [0.4, 0.5) is 10.2 Å². The summed E-state index contributed by atoms with van der Waals surface area (Å²) in [6.45, 7) is 1.93. The predicted molar refractivity (Wildman–Crippen MR) is 80.6 cm³/mol. The molecule has 0 aliphatic carbocycles. The highest BCUT2D eigenvalue weighted by atomic mass is 19.1. The van der Waals surface area contributed by atoms with Crippen molar-refractivity contribution >= 4 is 16.7 Å². The molecule has 2 aromatic carbocycles. The van der Waals surface area contributed by atoms with E-state index in [2.05, 4.69) is 9.97 Å². The molecular weight excluding hydrogens is 269 g/mol. The maximum absolute atomic E-state index is 14.2. The summed E-state index contributed by atoms with van der Waals surface area (Å²) in [7, 11) is 1.49. The molecule has 0 saturated carbocycles. The Hall–Kier alpha value is -2.69. The molecule has 0 radical (unpaired) electrons. The Kier molecular flexibility index (Phi) is 3.17. The number of aromatic nitrogens is 2. The quantitative estimate of drug-likeness (QED) is 0.783. The van der Waals surface area contributed by atoms with Crippen LogP contribution < -0.4 is 10.5 Å². The Morgan fingerprint density at radius 2 is 1.95 bits per heavy atom. The van der Waals surface area contributed by atoms with Gasteiger partial charge in [-0.15, -0.1) is 0 Å². The zero-order valence-corrected chi connectivity index (χ0v) is 11.7. The van der Waals surface area contributed by atoms with Crippen molar-refractivity contribution in [2.24, 2.45) is 0 Å². The minimum atomic E-state index is -0.443. The molecule has 0 spiro atoms. The van der Waals surface area contributed by atoms with Crippen LogP contribution >= 0.6 is 0 Å². The number of nitrogen functional groups attached to an aromatic ring is 1. The summed E-state index contributed by atoms with van der Waals surface area (Å²) in [4.78, 5) is 8.67. The molecule has 0 saturated heterocycles. The van der Waals surface area contributed by atoms with Crippen molar-refractivity contribution in [3.05, 3.63) is 47.8 Å². The van der Waals surface area contributed by atoms with Crippen LogP contribution in [0.2, 0.25) is 0 Å². The van der Waals surface area contributed by atoms with Crippen molar-refractivity contribution in [3.63, 3.8) is 0 Å². The molecule has 106 valence electrons. The maximum atomic E-state index is 14.2. The summed E-state index contributed by atoms with van der Waals surface area (Å²) < 4.78 is 19.1. The first kappa shape index (κ1) is 13.3. The van der Waals surface area contributed by atoms with Gasteiger partial charge in [0.2, 0.25) is 0 Å². The minimum Gasteiger partial charge on any atom is -0.497 e. The zero-order valence-electron chi connectivity index (χ0n) is 11.7. The van der Waals surface area contributed by atoms with Crippen LogP contribution in [0.1, 0.15) is 5.56 Å². The fraction of sp³-hybridized carbons (Fsp3) is 0.125. The number of ether oxygens (including phenoxy) is 1. The first-order chi connectivity index (χ1) is 10.1. The van der Waals surface area contributed by atoms with E-state index in [0.717, 1.165) is 16.5 Å². The average Bonchev–Trinajstić information content (AvgIpc) is 2.48. The molecular formula is C16H14FN3O. The van der Waals surface area contributed by atoms with Crippen molar-refractivity contribution in [2.45, 2.75) is 6.92 Å². The van der Waals surface area contributed by atoms with Crippen LogP contribution in [0.5, 0.6) is 5.75 Å². The predicted octanol–water partition coefficient (Wildman–Crippen LogP) is 3.34. The number of rotatable bonds is 2. The number of halogens is 1. The fourth-order valence-electron chi connectivity index (χ4n) is 2.24. The number of aryl methyl sites for hydroxylation is 1. The number of para-hydroxylation sites is 1. The Morgan fingerprint density at radius 1 is 1.14 bits per heavy atom. The lowest BCUT2D eigenvalue weighted by atomic mass is 10.1. The van der Waals surface area contributed by atoms with Gasteiger partial charge in [-0.2, -0.15) is 0 Å². The molecule has 3 aromatic rings. The fourth-order valence-corrected chi connectivity index (χ4v) is 2.24. The first-order valence-corrected chi connectivity index (χ1v) is 6.47. The van der Waals surface area contributed by atoms with E-state index in [9.17, 15) is 4.39 Å². The maximum Gasteiger partial charge on any atom is 0.165 e. The monoisotopic (exact) mass is 283 g/mol. The van der Waals surface area contributed by atoms with E-state index in [1.807, 2.05) is 25.1 Å². The third kappa shape index (κ3) is 2.27. The van der Waals surface area contributed by atoms with Gasteiger partial charge in [0.1, 0.15) is 17.4 Å². The number of hydrogen-bond acceptors (Lipinski definition) is 4. The van der Waals surface area contributed by atoms with Gasteiger partial charge in [0.05, 0.1) is 18.2 Å². The van der Waals surface area contributed by atoms with Crippen molar-refractivity contribution in [3.8, 4) is 17.1 Å². The second-order valence-corrected chi connectivity index (χ2v) is 4.75. The SMILES string of the molecule is COc1ccc(-c2nc(N)c3cccc(C)c3n2)c(F)c1. The number of methoxy groups -OCH3 is 1. The molecule has 0 aliphatic rings. The standard InChI is InChI=1S/C16H14FN3O/c1-9-4-3-5-12-14(9)19-16(20-15(12)18)11-7-6-10(21-2)8-13(11)17/h3-8H,1-2H3,(H2,18,19,20). The van der Waals surface area contributed by atoms with E-state index in [0.29, 0.717) is 17.1 Å². The summed E-state index contributed by atoms with van der Waals surface area (Å²) in [5.74, 6) is 0.617. The lowest BCUT2D eigenvalue weighted by Gasteiger charge is -2.09. The van der Waals surface area contributed by atoms with E-state index in [1.165, 1.54) is 13.2 Å². The van der Waals surface area contributed by atoms with Crippen LogP contribution in [0, 0.1) is 12.7 Å². The normalized spacial score (nSPS) is 10.8. The molecule has 4 nitrogen and oxygen atoms in total. The van der Waals surface area contributed by atoms with Gasteiger partial charge in [0.15, 0.2) is 5.82 Å². The van der Waals surface area contributed by atoms with E-state index < -0.39 is 5.82 Å². The molecule has 0 bridgehead atoms. The van der Waals surface area contributed by atoms with Gasteiger partial charge in [-0.05, 0) is 30.7 Å². The van der Waals surface area contributed by atoms with Gasteiger partial charge >= 0.3 is 0 Å². The molecule has 3 rings (SSSR count). The number of nitrogens with two attached hydrogens (primary N) is 1. The number of fused-ring (bicyclic) bond motifs is 1.